The van der Waals surface area contributed by atoms with Crippen molar-refractivity contribution >= 4 is 33.5 Å². The van der Waals surface area contributed by atoms with Crippen molar-refractivity contribution in [2.75, 3.05) is 0 Å². The van der Waals surface area contributed by atoms with Crippen LogP contribution in [0.2, 0.25) is 0 Å². The highest BCUT2D eigenvalue weighted by molar-refractivity contribution is 14.1. The summed E-state index contributed by atoms with van der Waals surface area (Å²) in [5.74, 6) is 0. The van der Waals surface area contributed by atoms with Gasteiger partial charge in [0.1, 0.15) is 0 Å². The fourth-order valence-electron chi connectivity index (χ4n) is 0.832. The molecule has 0 aromatic carbocycles. The predicted octanol–water partition coefficient (Wildman–Crippen LogP) is 1.56. The zero-order chi connectivity index (χ0) is 6.97. The minimum atomic E-state index is 0.993. The average molecular weight is 245 g/mol. The van der Waals surface area contributed by atoms with Gasteiger partial charge >= 0.3 is 0 Å². The number of nitrogens with one attached hydrogen (secondary N) is 1. The quantitative estimate of drug-likeness (QED) is 0.715. The van der Waals surface area contributed by atoms with Crippen LogP contribution in [-0.2, 0) is 0 Å². The Bertz CT molecular complexity index is 355. The van der Waals surface area contributed by atoms with Crippen molar-refractivity contribution in [3.63, 3.8) is 0 Å². The molecule has 0 unspecified atom stereocenters. The van der Waals surface area contributed by atoms with Crippen LogP contribution in [0.5, 0.6) is 0 Å². The van der Waals surface area contributed by atoms with Gasteiger partial charge in [-0.3, -0.25) is 10.1 Å². The molecular weight excluding hydrogens is 241 g/mol. The van der Waals surface area contributed by atoms with E-state index < -0.39 is 0 Å². The van der Waals surface area contributed by atoms with Crippen LogP contribution in [0.4, 0.5) is 0 Å². The molecule has 0 spiro atoms. The number of rotatable bonds is 0. The lowest BCUT2D eigenvalue weighted by molar-refractivity contribution is 1.11. The summed E-state index contributed by atoms with van der Waals surface area (Å²) in [5, 5.41) is 7.87. The van der Waals surface area contributed by atoms with Crippen molar-refractivity contribution in [2.45, 2.75) is 0 Å². The molecule has 1 N–H and O–H groups in total. The molecule has 2 rings (SSSR count). The topological polar surface area (TPSA) is 41.6 Å². The number of aromatic amines is 1. The van der Waals surface area contributed by atoms with Crippen LogP contribution in [0.1, 0.15) is 0 Å². The van der Waals surface area contributed by atoms with Crippen LogP contribution in [-0.4, -0.2) is 15.2 Å². The van der Waals surface area contributed by atoms with Crippen molar-refractivity contribution in [2.24, 2.45) is 0 Å². The van der Waals surface area contributed by atoms with Crippen LogP contribution < -0.4 is 0 Å². The maximum Gasteiger partial charge on any atom is 0.0844 e. The number of aromatic nitrogens is 3. The Kier molecular flexibility index (Phi) is 1.33. The molecule has 0 saturated carbocycles. The van der Waals surface area contributed by atoms with Crippen molar-refractivity contribution < 1.29 is 0 Å². The van der Waals surface area contributed by atoms with Gasteiger partial charge < -0.3 is 0 Å². The van der Waals surface area contributed by atoms with Crippen molar-refractivity contribution in [1.29, 1.82) is 0 Å². The van der Waals surface area contributed by atoms with Gasteiger partial charge in [-0.25, -0.2) is 0 Å². The van der Waals surface area contributed by atoms with Gasteiger partial charge in [0.15, 0.2) is 0 Å². The third-order valence-corrected chi connectivity index (χ3v) is 2.18. The lowest BCUT2D eigenvalue weighted by Crippen LogP contribution is -1.75. The molecule has 0 radical (unpaired) electrons. The molecular formula is C6H4IN3. The highest BCUT2D eigenvalue weighted by Gasteiger charge is 1.97. The van der Waals surface area contributed by atoms with E-state index in [2.05, 4.69) is 37.8 Å². The lowest BCUT2D eigenvalue weighted by atomic mass is 10.3. The Balaban J connectivity index is 2.95. The van der Waals surface area contributed by atoms with Gasteiger partial charge in [0.25, 0.3) is 0 Å². The molecule has 0 aliphatic carbocycles. The molecule has 3 nitrogen and oxygen atoms in total. The van der Waals surface area contributed by atoms with Gasteiger partial charge in [0.2, 0.25) is 0 Å². The van der Waals surface area contributed by atoms with Gasteiger partial charge in [-0.15, -0.1) is 0 Å². The minimum absolute atomic E-state index is 0.993. The van der Waals surface area contributed by atoms with E-state index in [1.807, 2.05) is 6.20 Å². The van der Waals surface area contributed by atoms with E-state index in [1.165, 1.54) is 0 Å². The van der Waals surface area contributed by atoms with Crippen molar-refractivity contribution in [3.8, 4) is 0 Å². The Morgan fingerprint density at radius 3 is 3.00 bits per heavy atom. The molecule has 0 fully saturated rings. The minimum Gasteiger partial charge on any atom is -0.276 e. The summed E-state index contributed by atoms with van der Waals surface area (Å²) in [6.45, 7) is 0. The maximum atomic E-state index is 4.01. The third kappa shape index (κ3) is 0.792. The summed E-state index contributed by atoms with van der Waals surface area (Å²) in [5.41, 5.74) is 0.993. The predicted molar refractivity (Wildman–Crippen MR) is 46.6 cm³/mol. The second kappa shape index (κ2) is 2.19. The number of nitrogens with zero attached hydrogens (tertiary/aromatic N) is 2. The Labute approximate surface area is 71.0 Å². The van der Waals surface area contributed by atoms with Gasteiger partial charge in [0, 0.05) is 15.2 Å². The molecule has 0 aliphatic rings. The molecule has 0 saturated heterocycles. The Morgan fingerprint density at radius 1 is 1.30 bits per heavy atom. The smallest absolute Gasteiger partial charge is 0.0844 e. The number of hydrogen-bond donors (Lipinski definition) is 1. The van der Waals surface area contributed by atoms with Crippen molar-refractivity contribution in [3.05, 3.63) is 22.2 Å². The van der Waals surface area contributed by atoms with Crippen molar-refractivity contribution in [1.82, 2.24) is 15.2 Å². The summed E-state index contributed by atoms with van der Waals surface area (Å²) in [6, 6.07) is 0. The number of halogens is 1. The van der Waals surface area contributed by atoms with Crippen LogP contribution in [0, 0.1) is 3.57 Å². The fourth-order valence-corrected chi connectivity index (χ4v) is 1.42. The van der Waals surface area contributed by atoms with E-state index >= 15 is 0 Å². The molecule has 2 aromatic heterocycles. The van der Waals surface area contributed by atoms with E-state index in [0.717, 1.165) is 14.5 Å². The Hall–Kier alpha value is -0.650. The number of pyridine rings is 1. The molecule has 0 amide bonds. The van der Waals surface area contributed by atoms with Crippen LogP contribution in [0.3, 0.4) is 0 Å². The first-order valence-corrected chi connectivity index (χ1v) is 3.88. The summed E-state index contributed by atoms with van der Waals surface area (Å²) in [4.78, 5) is 4.01. The Morgan fingerprint density at radius 2 is 2.20 bits per heavy atom. The molecule has 2 aromatic rings. The highest BCUT2D eigenvalue weighted by Crippen LogP contribution is 2.15. The molecule has 0 atom stereocenters. The lowest BCUT2D eigenvalue weighted by Gasteiger charge is -1.88. The van der Waals surface area contributed by atoms with Crippen LogP contribution >= 0.6 is 22.6 Å². The van der Waals surface area contributed by atoms with Gasteiger partial charge in [0.05, 0.1) is 17.9 Å². The molecule has 2 heterocycles. The SMILES string of the molecule is Ic1cncc2[nH]ncc12. The molecule has 0 aliphatic heterocycles. The number of hydrogen-bond acceptors (Lipinski definition) is 2. The molecule has 4 heteroatoms. The zero-order valence-corrected chi connectivity index (χ0v) is 7.16. The summed E-state index contributed by atoms with van der Waals surface area (Å²) >= 11 is 2.23. The van der Waals surface area contributed by atoms with E-state index in [4.69, 9.17) is 0 Å². The van der Waals surface area contributed by atoms with E-state index in [-0.39, 0.29) is 0 Å². The molecule has 0 bridgehead atoms. The fraction of sp³-hybridized carbons (Fsp3) is 0. The standard InChI is InChI=1S/C6H4IN3/c7-5-2-8-3-6-4(5)1-9-10-6/h1-3H,(H,9,10). The molecule has 50 valence electrons. The van der Waals surface area contributed by atoms with Gasteiger partial charge in [-0.2, -0.15) is 5.10 Å². The van der Waals surface area contributed by atoms with Crippen LogP contribution in [0.15, 0.2) is 18.6 Å². The average Bonchev–Trinajstić information content (AvgIpc) is 2.36. The second-order valence-electron chi connectivity index (χ2n) is 1.95. The first-order chi connectivity index (χ1) is 4.88. The number of fused-ring (bicyclic) bond motifs is 1. The first-order valence-electron chi connectivity index (χ1n) is 2.80. The van der Waals surface area contributed by atoms with E-state index in [0.29, 0.717) is 0 Å². The zero-order valence-electron chi connectivity index (χ0n) is 5.00. The normalized spacial score (nSPS) is 10.5. The van der Waals surface area contributed by atoms with E-state index in [1.54, 1.807) is 12.4 Å². The van der Waals surface area contributed by atoms with Crippen LogP contribution in [0.25, 0.3) is 10.9 Å². The van der Waals surface area contributed by atoms with E-state index in [9.17, 15) is 0 Å². The summed E-state index contributed by atoms with van der Waals surface area (Å²) in [7, 11) is 0. The first kappa shape index (κ1) is 6.09. The molecule has 10 heavy (non-hydrogen) atoms. The largest absolute Gasteiger partial charge is 0.276 e. The van der Waals surface area contributed by atoms with Gasteiger partial charge in [-0.05, 0) is 22.6 Å². The third-order valence-electron chi connectivity index (χ3n) is 1.32. The highest BCUT2D eigenvalue weighted by atomic mass is 127. The number of H-pyrrole nitrogens is 1. The summed E-state index contributed by atoms with van der Waals surface area (Å²) < 4.78 is 1.13. The maximum absolute atomic E-state index is 4.01. The van der Waals surface area contributed by atoms with Gasteiger partial charge in [-0.1, -0.05) is 0 Å². The second-order valence-corrected chi connectivity index (χ2v) is 3.11. The summed E-state index contributed by atoms with van der Waals surface area (Å²) in [6.07, 6.45) is 5.39. The monoisotopic (exact) mass is 245 g/mol.